The van der Waals surface area contributed by atoms with Crippen LogP contribution >= 0.6 is 15.9 Å². The number of benzene rings is 2. The van der Waals surface area contributed by atoms with Crippen LogP contribution in [-0.2, 0) is 16.0 Å². The molecule has 5 nitrogen and oxygen atoms in total. The molecule has 1 heterocycles. The SMILES string of the molecule is COc1ccc([C@H](C)[C@H](Br)C(=O)N2C(=O)OC[C@@H]2Cc2ccccc2)cc1. The third-order valence-electron chi connectivity index (χ3n) is 4.83. The average Bonchev–Trinajstić information content (AvgIpc) is 3.07. The summed E-state index contributed by atoms with van der Waals surface area (Å²) in [4.78, 5) is 26.0. The van der Waals surface area contributed by atoms with E-state index in [9.17, 15) is 9.59 Å². The summed E-state index contributed by atoms with van der Waals surface area (Å²) < 4.78 is 10.3. The number of imide groups is 1. The van der Waals surface area contributed by atoms with Gasteiger partial charge in [0.25, 0.3) is 0 Å². The zero-order chi connectivity index (χ0) is 19.4. The van der Waals surface area contributed by atoms with Crippen LogP contribution in [0.3, 0.4) is 0 Å². The number of carbonyl (C=O) groups excluding carboxylic acids is 2. The van der Waals surface area contributed by atoms with E-state index in [0.717, 1.165) is 16.9 Å². The molecule has 0 aromatic heterocycles. The van der Waals surface area contributed by atoms with Gasteiger partial charge in [0.2, 0.25) is 5.91 Å². The number of halogens is 1. The smallest absolute Gasteiger partial charge is 0.417 e. The second-order valence-corrected chi connectivity index (χ2v) is 7.58. The Morgan fingerprint density at radius 3 is 2.52 bits per heavy atom. The molecule has 2 amide bonds. The van der Waals surface area contributed by atoms with Gasteiger partial charge in [0.05, 0.1) is 13.2 Å². The molecule has 0 bridgehead atoms. The number of hydrogen-bond donors (Lipinski definition) is 0. The summed E-state index contributed by atoms with van der Waals surface area (Å²) in [6.07, 6.45) is 0.00177. The minimum Gasteiger partial charge on any atom is -0.497 e. The van der Waals surface area contributed by atoms with Crippen molar-refractivity contribution in [1.29, 1.82) is 0 Å². The van der Waals surface area contributed by atoms with E-state index in [1.54, 1.807) is 7.11 Å². The third kappa shape index (κ3) is 4.33. The Morgan fingerprint density at radius 1 is 1.22 bits per heavy atom. The summed E-state index contributed by atoms with van der Waals surface area (Å²) in [7, 11) is 1.61. The van der Waals surface area contributed by atoms with E-state index in [-0.39, 0.29) is 24.5 Å². The molecule has 1 saturated heterocycles. The molecule has 3 rings (SSSR count). The van der Waals surface area contributed by atoms with Crippen molar-refractivity contribution in [3.63, 3.8) is 0 Å². The highest BCUT2D eigenvalue weighted by Crippen LogP contribution is 2.30. The normalized spacial score (nSPS) is 18.7. The number of ether oxygens (including phenoxy) is 2. The maximum atomic E-state index is 13.0. The Bertz CT molecular complexity index is 794. The van der Waals surface area contributed by atoms with Crippen molar-refractivity contribution >= 4 is 27.9 Å². The molecule has 0 saturated carbocycles. The molecule has 1 fully saturated rings. The lowest BCUT2D eigenvalue weighted by Gasteiger charge is -2.25. The molecule has 0 aliphatic carbocycles. The first-order valence-corrected chi connectivity index (χ1v) is 9.74. The predicted molar refractivity (Wildman–Crippen MR) is 106 cm³/mol. The molecule has 0 N–H and O–H groups in total. The quantitative estimate of drug-likeness (QED) is 0.644. The average molecular weight is 432 g/mol. The Balaban J connectivity index is 1.73. The molecule has 0 unspecified atom stereocenters. The summed E-state index contributed by atoms with van der Waals surface area (Å²) in [6, 6.07) is 17.1. The van der Waals surface area contributed by atoms with Crippen molar-refractivity contribution in [2.45, 2.75) is 30.1 Å². The van der Waals surface area contributed by atoms with E-state index in [0.29, 0.717) is 6.42 Å². The number of rotatable bonds is 6. The van der Waals surface area contributed by atoms with Gasteiger partial charge in [-0.1, -0.05) is 65.3 Å². The van der Waals surface area contributed by atoms with E-state index in [1.165, 1.54) is 4.90 Å². The maximum Gasteiger partial charge on any atom is 0.417 e. The first-order chi connectivity index (χ1) is 13.0. The van der Waals surface area contributed by atoms with Crippen LogP contribution in [0, 0.1) is 0 Å². The second kappa shape index (κ2) is 8.57. The number of nitrogens with zero attached hydrogens (tertiary/aromatic N) is 1. The number of hydrogen-bond acceptors (Lipinski definition) is 4. The van der Waals surface area contributed by atoms with Crippen LogP contribution < -0.4 is 4.74 Å². The standard InChI is InChI=1S/C21H22BrNO4/c1-14(16-8-10-18(26-2)11-9-16)19(22)20(24)23-17(13-27-21(23)25)12-15-6-4-3-5-7-15/h3-11,14,17,19H,12-13H2,1-2H3/t14-,17-,19-/m0/s1. The van der Waals surface area contributed by atoms with Crippen molar-refractivity contribution in [2.75, 3.05) is 13.7 Å². The highest BCUT2D eigenvalue weighted by Gasteiger charge is 2.41. The van der Waals surface area contributed by atoms with Crippen molar-refractivity contribution < 1.29 is 19.1 Å². The first kappa shape index (κ1) is 19.4. The Morgan fingerprint density at radius 2 is 1.89 bits per heavy atom. The van der Waals surface area contributed by atoms with Gasteiger partial charge in [-0.25, -0.2) is 9.69 Å². The van der Waals surface area contributed by atoms with Crippen LogP contribution in [0.4, 0.5) is 4.79 Å². The summed E-state index contributed by atoms with van der Waals surface area (Å²) in [5, 5.41) is 0. The minimum absolute atomic E-state index is 0.116. The summed E-state index contributed by atoms with van der Waals surface area (Å²) >= 11 is 3.50. The van der Waals surface area contributed by atoms with E-state index in [2.05, 4.69) is 15.9 Å². The van der Waals surface area contributed by atoms with Crippen molar-refractivity contribution in [3.05, 3.63) is 65.7 Å². The van der Waals surface area contributed by atoms with Crippen LogP contribution in [0.15, 0.2) is 54.6 Å². The predicted octanol–water partition coefficient (Wildman–Crippen LogP) is 4.15. The molecule has 6 heteroatoms. The molecule has 2 aromatic rings. The van der Waals surface area contributed by atoms with Gasteiger partial charge in [-0.3, -0.25) is 4.79 Å². The van der Waals surface area contributed by atoms with Crippen molar-refractivity contribution in [3.8, 4) is 5.75 Å². The van der Waals surface area contributed by atoms with Gasteiger partial charge >= 0.3 is 6.09 Å². The summed E-state index contributed by atoms with van der Waals surface area (Å²) in [6.45, 7) is 2.17. The lowest BCUT2D eigenvalue weighted by atomic mass is 9.96. The molecule has 0 radical (unpaired) electrons. The second-order valence-electron chi connectivity index (χ2n) is 6.59. The topological polar surface area (TPSA) is 55.8 Å². The van der Waals surface area contributed by atoms with Crippen molar-refractivity contribution in [1.82, 2.24) is 4.90 Å². The largest absolute Gasteiger partial charge is 0.497 e. The van der Waals surface area contributed by atoms with Gasteiger partial charge in [-0.2, -0.15) is 0 Å². The fourth-order valence-corrected chi connectivity index (χ4v) is 3.72. The van der Waals surface area contributed by atoms with Gasteiger partial charge in [-0.15, -0.1) is 0 Å². The number of amides is 2. The summed E-state index contributed by atoms with van der Waals surface area (Å²) in [5.74, 6) is 0.366. The lowest BCUT2D eigenvalue weighted by Crippen LogP contribution is -2.45. The third-order valence-corrected chi connectivity index (χ3v) is 6.01. The molecule has 3 atom stereocenters. The molecule has 1 aliphatic heterocycles. The zero-order valence-corrected chi connectivity index (χ0v) is 16.9. The van der Waals surface area contributed by atoms with Crippen molar-refractivity contribution in [2.24, 2.45) is 0 Å². The van der Waals surface area contributed by atoms with Gasteiger partial charge in [-0.05, 0) is 29.7 Å². The van der Waals surface area contributed by atoms with Crippen LogP contribution in [-0.4, -0.2) is 41.5 Å². The van der Waals surface area contributed by atoms with Crippen LogP contribution in [0.2, 0.25) is 0 Å². The Labute approximate surface area is 167 Å². The molecule has 0 spiro atoms. The lowest BCUT2D eigenvalue weighted by molar-refractivity contribution is -0.128. The highest BCUT2D eigenvalue weighted by atomic mass is 79.9. The Kier molecular flexibility index (Phi) is 6.16. The monoisotopic (exact) mass is 431 g/mol. The minimum atomic E-state index is -0.577. The molecule has 142 valence electrons. The van der Waals surface area contributed by atoms with Gasteiger partial charge in [0, 0.05) is 5.92 Å². The fourth-order valence-electron chi connectivity index (χ4n) is 3.19. The highest BCUT2D eigenvalue weighted by molar-refractivity contribution is 9.10. The van der Waals surface area contributed by atoms with Crippen LogP contribution in [0.25, 0.3) is 0 Å². The van der Waals surface area contributed by atoms with Crippen LogP contribution in [0.5, 0.6) is 5.75 Å². The van der Waals surface area contributed by atoms with Gasteiger partial charge in [0.15, 0.2) is 0 Å². The number of methoxy groups -OCH3 is 1. The molecular weight excluding hydrogens is 410 g/mol. The maximum absolute atomic E-state index is 13.0. The van der Waals surface area contributed by atoms with Crippen LogP contribution in [0.1, 0.15) is 24.0 Å². The van der Waals surface area contributed by atoms with E-state index < -0.39 is 10.9 Å². The van der Waals surface area contributed by atoms with E-state index >= 15 is 0 Å². The summed E-state index contributed by atoms with van der Waals surface area (Å²) in [5.41, 5.74) is 2.05. The number of cyclic esters (lactones) is 1. The van der Waals surface area contributed by atoms with Gasteiger partial charge in [0.1, 0.15) is 17.2 Å². The molecule has 27 heavy (non-hydrogen) atoms. The first-order valence-electron chi connectivity index (χ1n) is 8.83. The van der Waals surface area contributed by atoms with E-state index in [4.69, 9.17) is 9.47 Å². The van der Waals surface area contributed by atoms with E-state index in [1.807, 2.05) is 61.5 Å². The zero-order valence-electron chi connectivity index (χ0n) is 15.3. The number of alkyl halides is 1. The molecular formula is C21H22BrNO4. The van der Waals surface area contributed by atoms with Gasteiger partial charge < -0.3 is 9.47 Å². The molecule has 2 aromatic carbocycles. The Hall–Kier alpha value is -2.34. The molecule has 1 aliphatic rings. The number of carbonyl (C=O) groups is 2. The fraction of sp³-hybridized carbons (Fsp3) is 0.333.